The number of nitriles is 1. The monoisotopic (exact) mass is 302 g/mol. The molecular formula is C9H11IN4. The summed E-state index contributed by atoms with van der Waals surface area (Å²) in [5, 5.41) is 8.69. The number of halogens is 1. The molecule has 0 aliphatic heterocycles. The molecule has 0 fully saturated rings. The molecule has 0 N–H and O–H groups in total. The molecule has 0 aliphatic carbocycles. The third-order valence-electron chi connectivity index (χ3n) is 1.78. The SMILES string of the molecule is CC(C#N)CN(C)c1ncncc1I. The van der Waals surface area contributed by atoms with Crippen molar-refractivity contribution in [1.29, 1.82) is 5.26 Å². The Morgan fingerprint density at radius 1 is 1.71 bits per heavy atom. The van der Waals surface area contributed by atoms with Crippen molar-refractivity contribution in [3.8, 4) is 6.07 Å². The molecule has 0 saturated carbocycles. The highest BCUT2D eigenvalue weighted by molar-refractivity contribution is 14.1. The van der Waals surface area contributed by atoms with Crippen molar-refractivity contribution < 1.29 is 0 Å². The Morgan fingerprint density at radius 2 is 2.43 bits per heavy atom. The van der Waals surface area contributed by atoms with Crippen LogP contribution in [0.15, 0.2) is 12.5 Å². The van der Waals surface area contributed by atoms with Crippen LogP contribution in [0, 0.1) is 20.8 Å². The molecule has 1 rings (SSSR count). The number of anilines is 1. The summed E-state index contributed by atoms with van der Waals surface area (Å²) >= 11 is 2.18. The van der Waals surface area contributed by atoms with E-state index in [1.807, 2.05) is 18.9 Å². The molecule has 5 heteroatoms. The molecule has 0 amide bonds. The lowest BCUT2D eigenvalue weighted by molar-refractivity contribution is 0.708. The van der Waals surface area contributed by atoms with Crippen LogP contribution in [-0.2, 0) is 0 Å². The van der Waals surface area contributed by atoms with E-state index in [1.54, 1.807) is 6.20 Å². The number of aromatic nitrogens is 2. The minimum atomic E-state index is 0.00534. The van der Waals surface area contributed by atoms with E-state index in [0.717, 1.165) is 9.39 Å². The Balaban J connectivity index is 2.75. The lowest BCUT2D eigenvalue weighted by atomic mass is 10.2. The van der Waals surface area contributed by atoms with Crippen LogP contribution in [0.2, 0.25) is 0 Å². The first kappa shape index (κ1) is 11.2. The quantitative estimate of drug-likeness (QED) is 0.797. The van der Waals surface area contributed by atoms with Gasteiger partial charge in [0.2, 0.25) is 0 Å². The van der Waals surface area contributed by atoms with Crippen molar-refractivity contribution in [3.63, 3.8) is 0 Å². The first-order valence-corrected chi connectivity index (χ1v) is 5.29. The summed E-state index contributed by atoms with van der Waals surface area (Å²) in [5.74, 6) is 0.883. The van der Waals surface area contributed by atoms with E-state index >= 15 is 0 Å². The van der Waals surface area contributed by atoms with Gasteiger partial charge in [0.1, 0.15) is 12.1 Å². The third-order valence-corrected chi connectivity index (χ3v) is 2.54. The van der Waals surface area contributed by atoms with E-state index < -0.39 is 0 Å². The fraction of sp³-hybridized carbons (Fsp3) is 0.444. The van der Waals surface area contributed by atoms with E-state index in [9.17, 15) is 0 Å². The molecule has 4 nitrogen and oxygen atoms in total. The summed E-state index contributed by atoms with van der Waals surface area (Å²) in [5.41, 5.74) is 0. The number of hydrogen-bond acceptors (Lipinski definition) is 4. The minimum Gasteiger partial charge on any atom is -0.357 e. The van der Waals surface area contributed by atoms with E-state index in [2.05, 4.69) is 38.6 Å². The zero-order valence-corrected chi connectivity index (χ0v) is 10.3. The van der Waals surface area contributed by atoms with Crippen LogP contribution in [-0.4, -0.2) is 23.6 Å². The van der Waals surface area contributed by atoms with Crippen molar-refractivity contribution in [2.24, 2.45) is 5.92 Å². The maximum atomic E-state index is 8.69. The van der Waals surface area contributed by atoms with Gasteiger partial charge in [0.05, 0.1) is 15.6 Å². The molecule has 0 aromatic carbocycles. The van der Waals surface area contributed by atoms with Gasteiger partial charge in [-0.15, -0.1) is 0 Å². The van der Waals surface area contributed by atoms with Crippen molar-refractivity contribution in [3.05, 3.63) is 16.1 Å². The van der Waals surface area contributed by atoms with Crippen molar-refractivity contribution in [2.75, 3.05) is 18.5 Å². The number of rotatable bonds is 3. The summed E-state index contributed by atoms with van der Waals surface area (Å²) in [4.78, 5) is 10.0. The zero-order valence-electron chi connectivity index (χ0n) is 8.11. The summed E-state index contributed by atoms with van der Waals surface area (Å²) < 4.78 is 0.998. The topological polar surface area (TPSA) is 52.8 Å². The van der Waals surface area contributed by atoms with Gasteiger partial charge in [0, 0.05) is 19.8 Å². The zero-order chi connectivity index (χ0) is 10.6. The van der Waals surface area contributed by atoms with Crippen molar-refractivity contribution in [2.45, 2.75) is 6.92 Å². The van der Waals surface area contributed by atoms with Crippen LogP contribution in [0.4, 0.5) is 5.82 Å². The van der Waals surface area contributed by atoms with Gasteiger partial charge in [0.15, 0.2) is 0 Å². The Kier molecular flexibility index (Phi) is 4.07. The van der Waals surface area contributed by atoms with Crippen LogP contribution in [0.1, 0.15) is 6.92 Å². The second kappa shape index (κ2) is 5.10. The maximum absolute atomic E-state index is 8.69. The lowest BCUT2D eigenvalue weighted by Crippen LogP contribution is -2.25. The highest BCUT2D eigenvalue weighted by Gasteiger charge is 2.09. The van der Waals surface area contributed by atoms with Crippen LogP contribution in [0.5, 0.6) is 0 Å². The maximum Gasteiger partial charge on any atom is 0.145 e. The molecule has 1 unspecified atom stereocenters. The van der Waals surface area contributed by atoms with E-state index in [4.69, 9.17) is 5.26 Å². The first-order chi connectivity index (χ1) is 6.65. The molecule has 0 bridgehead atoms. The molecule has 74 valence electrons. The van der Waals surface area contributed by atoms with E-state index in [0.29, 0.717) is 6.54 Å². The van der Waals surface area contributed by atoms with Gasteiger partial charge < -0.3 is 4.90 Å². The lowest BCUT2D eigenvalue weighted by Gasteiger charge is -2.19. The highest BCUT2D eigenvalue weighted by atomic mass is 127. The van der Waals surface area contributed by atoms with Gasteiger partial charge in [-0.3, -0.25) is 0 Å². The molecule has 0 saturated heterocycles. The first-order valence-electron chi connectivity index (χ1n) is 4.21. The predicted molar refractivity (Wildman–Crippen MR) is 62.8 cm³/mol. The second-order valence-corrected chi connectivity index (χ2v) is 4.27. The van der Waals surface area contributed by atoms with Gasteiger partial charge in [0.25, 0.3) is 0 Å². The molecule has 0 radical (unpaired) electrons. The molecule has 0 aliphatic rings. The van der Waals surface area contributed by atoms with Gasteiger partial charge >= 0.3 is 0 Å². The van der Waals surface area contributed by atoms with Crippen LogP contribution < -0.4 is 4.90 Å². The smallest absolute Gasteiger partial charge is 0.145 e. The largest absolute Gasteiger partial charge is 0.357 e. The van der Waals surface area contributed by atoms with Gasteiger partial charge in [-0.25, -0.2) is 9.97 Å². The van der Waals surface area contributed by atoms with E-state index in [-0.39, 0.29) is 5.92 Å². The Morgan fingerprint density at radius 3 is 3.00 bits per heavy atom. The summed E-state index contributed by atoms with van der Waals surface area (Å²) in [6.07, 6.45) is 3.28. The fourth-order valence-electron chi connectivity index (χ4n) is 1.13. The van der Waals surface area contributed by atoms with Crippen molar-refractivity contribution >= 4 is 28.4 Å². The number of nitrogens with zero attached hydrogens (tertiary/aromatic N) is 4. The van der Waals surface area contributed by atoms with E-state index in [1.165, 1.54) is 6.33 Å². The molecule has 0 spiro atoms. The van der Waals surface area contributed by atoms with Crippen molar-refractivity contribution in [1.82, 2.24) is 9.97 Å². The average Bonchev–Trinajstić information content (AvgIpc) is 2.18. The second-order valence-electron chi connectivity index (χ2n) is 3.10. The van der Waals surface area contributed by atoms with Crippen LogP contribution >= 0.6 is 22.6 Å². The van der Waals surface area contributed by atoms with Gasteiger partial charge in [-0.05, 0) is 29.5 Å². The van der Waals surface area contributed by atoms with Gasteiger partial charge in [-0.1, -0.05) is 0 Å². The Hall–Kier alpha value is -0.900. The average molecular weight is 302 g/mol. The molecule has 14 heavy (non-hydrogen) atoms. The minimum absolute atomic E-state index is 0.00534. The molecule has 1 heterocycles. The fourth-order valence-corrected chi connectivity index (χ4v) is 1.84. The molecule has 1 aromatic heterocycles. The molecule has 1 aromatic rings. The van der Waals surface area contributed by atoms with Gasteiger partial charge in [-0.2, -0.15) is 5.26 Å². The summed E-state index contributed by atoms with van der Waals surface area (Å²) in [7, 11) is 1.93. The predicted octanol–water partition coefficient (Wildman–Crippen LogP) is 1.68. The highest BCUT2D eigenvalue weighted by Crippen LogP contribution is 2.17. The Bertz CT molecular complexity index is 347. The van der Waals surface area contributed by atoms with Crippen LogP contribution in [0.3, 0.4) is 0 Å². The van der Waals surface area contributed by atoms with Crippen LogP contribution in [0.25, 0.3) is 0 Å². The molecule has 1 atom stereocenters. The Labute approximate surface area is 97.1 Å². The normalized spacial score (nSPS) is 11.9. The summed E-state index contributed by atoms with van der Waals surface area (Å²) in [6, 6.07) is 2.20. The third kappa shape index (κ3) is 2.80. The molecular weight excluding hydrogens is 291 g/mol. The standard InChI is InChI=1S/C9H11IN4/c1-7(3-11)5-14(2)9-8(10)4-12-6-13-9/h4,6-7H,5H2,1-2H3. The number of hydrogen-bond donors (Lipinski definition) is 0. The summed E-state index contributed by atoms with van der Waals surface area (Å²) in [6.45, 7) is 2.58.